The van der Waals surface area contributed by atoms with Crippen LogP contribution in [0, 0.1) is 0 Å². The first-order valence-electron chi connectivity index (χ1n) is 10.9. The zero-order valence-corrected chi connectivity index (χ0v) is 18.8. The van der Waals surface area contributed by atoms with Crippen LogP contribution in [0.25, 0.3) is 0 Å². The molecule has 4 rings (SSSR count). The second-order valence-electron chi connectivity index (χ2n) is 8.43. The minimum absolute atomic E-state index is 0.0375. The maximum Gasteiger partial charge on any atom is 0.407 e. The van der Waals surface area contributed by atoms with Gasteiger partial charge < -0.3 is 25.1 Å². The van der Waals surface area contributed by atoms with Gasteiger partial charge in [-0.1, -0.05) is 23.7 Å². The molecular formula is C23H28ClN5O3. The number of benzene rings is 1. The highest BCUT2D eigenvalue weighted by Gasteiger charge is 2.29. The molecule has 2 aliphatic heterocycles. The van der Waals surface area contributed by atoms with Crippen molar-refractivity contribution >= 4 is 35.2 Å². The van der Waals surface area contributed by atoms with Crippen LogP contribution >= 0.6 is 11.6 Å². The van der Waals surface area contributed by atoms with Crippen molar-refractivity contribution in [3.63, 3.8) is 0 Å². The number of carbonyl (C=O) groups is 2. The molecule has 9 heteroatoms. The molecule has 3 amide bonds. The summed E-state index contributed by atoms with van der Waals surface area (Å²) in [5.41, 5.74) is 1.92. The Morgan fingerprint density at radius 3 is 2.44 bits per heavy atom. The summed E-state index contributed by atoms with van der Waals surface area (Å²) in [7, 11) is 1.60. The highest BCUT2D eigenvalue weighted by Crippen LogP contribution is 2.29. The van der Waals surface area contributed by atoms with E-state index in [4.69, 9.17) is 16.7 Å². The van der Waals surface area contributed by atoms with E-state index in [0.717, 1.165) is 36.6 Å². The largest absolute Gasteiger partial charge is 0.465 e. The Balaban J connectivity index is 1.27. The van der Waals surface area contributed by atoms with Crippen LogP contribution in [0.2, 0.25) is 5.02 Å². The summed E-state index contributed by atoms with van der Waals surface area (Å²) in [6, 6.07) is 11.5. The minimum Gasteiger partial charge on any atom is -0.465 e. The fourth-order valence-electron chi connectivity index (χ4n) is 4.42. The third-order valence-electron chi connectivity index (χ3n) is 6.46. The number of aromatic nitrogens is 1. The summed E-state index contributed by atoms with van der Waals surface area (Å²) in [5.74, 6) is 1.23. The van der Waals surface area contributed by atoms with Crippen molar-refractivity contribution in [3.05, 3.63) is 53.2 Å². The lowest BCUT2D eigenvalue weighted by Crippen LogP contribution is -2.40. The van der Waals surface area contributed by atoms with E-state index in [1.165, 1.54) is 10.5 Å². The van der Waals surface area contributed by atoms with Crippen molar-refractivity contribution in [2.45, 2.75) is 31.2 Å². The number of likely N-dealkylation sites (N-methyl/N-ethyl adjacent to an activating group) is 1. The number of hydrogen-bond acceptors (Lipinski definition) is 4. The molecule has 1 atom stereocenters. The molecule has 1 aromatic carbocycles. The number of rotatable bonds is 4. The molecule has 32 heavy (non-hydrogen) atoms. The fraction of sp³-hybridized carbons (Fsp3) is 0.435. The molecule has 170 valence electrons. The predicted octanol–water partition coefficient (Wildman–Crippen LogP) is 4.34. The van der Waals surface area contributed by atoms with Gasteiger partial charge >= 0.3 is 12.1 Å². The van der Waals surface area contributed by atoms with Gasteiger partial charge in [0.05, 0.1) is 17.9 Å². The number of hydrogen-bond donors (Lipinski definition) is 2. The summed E-state index contributed by atoms with van der Waals surface area (Å²) >= 11 is 5.98. The lowest BCUT2D eigenvalue weighted by molar-refractivity contribution is 0.142. The summed E-state index contributed by atoms with van der Waals surface area (Å²) < 4.78 is 0. The molecule has 0 saturated carbocycles. The van der Waals surface area contributed by atoms with Crippen LogP contribution in [0.1, 0.15) is 30.7 Å². The van der Waals surface area contributed by atoms with Crippen LogP contribution in [-0.4, -0.2) is 71.3 Å². The van der Waals surface area contributed by atoms with Crippen LogP contribution in [0.5, 0.6) is 0 Å². The minimum atomic E-state index is -0.917. The Bertz CT molecular complexity index is 945. The molecule has 0 unspecified atom stereocenters. The van der Waals surface area contributed by atoms with E-state index in [0.29, 0.717) is 31.2 Å². The Kier molecular flexibility index (Phi) is 6.69. The van der Waals surface area contributed by atoms with E-state index in [9.17, 15) is 9.59 Å². The lowest BCUT2D eigenvalue weighted by Gasteiger charge is -2.32. The standard InChI is InChI=1S/C23H28ClN5O3/c1-27(23(31)32)20-10-13-29(15-20)21-7-6-19(14-25-21)26-22(30)28-11-8-17(9-12-28)16-2-4-18(24)5-3-16/h2-7,14,17,20H,8-13,15H2,1H3,(H,26,30)(H,31,32)/t20-/m1/s1. The van der Waals surface area contributed by atoms with Gasteiger partial charge in [-0.25, -0.2) is 14.6 Å². The van der Waals surface area contributed by atoms with Gasteiger partial charge in [-0.15, -0.1) is 0 Å². The van der Waals surface area contributed by atoms with Crippen molar-refractivity contribution in [3.8, 4) is 0 Å². The van der Waals surface area contributed by atoms with Crippen molar-refractivity contribution in [1.82, 2.24) is 14.8 Å². The average Bonchev–Trinajstić information content (AvgIpc) is 3.30. The maximum atomic E-state index is 12.7. The average molecular weight is 458 g/mol. The van der Waals surface area contributed by atoms with Gasteiger partial charge in [0.1, 0.15) is 5.82 Å². The number of nitrogens with one attached hydrogen (secondary N) is 1. The Labute approximate surface area is 192 Å². The maximum absolute atomic E-state index is 12.7. The molecule has 2 saturated heterocycles. The summed E-state index contributed by atoms with van der Waals surface area (Å²) in [5, 5.41) is 12.8. The third kappa shape index (κ3) is 5.07. The number of piperidine rings is 1. The van der Waals surface area contributed by atoms with Gasteiger partial charge in [-0.05, 0) is 55.0 Å². The smallest absolute Gasteiger partial charge is 0.407 e. The van der Waals surface area contributed by atoms with Crippen LogP contribution < -0.4 is 10.2 Å². The first-order valence-corrected chi connectivity index (χ1v) is 11.3. The monoisotopic (exact) mass is 457 g/mol. The Morgan fingerprint density at radius 1 is 1.09 bits per heavy atom. The summed E-state index contributed by atoms with van der Waals surface area (Å²) in [6.07, 6.45) is 3.36. The molecular weight excluding hydrogens is 430 g/mol. The number of amides is 3. The molecule has 8 nitrogen and oxygen atoms in total. The van der Waals surface area contributed by atoms with Crippen LogP contribution in [0.3, 0.4) is 0 Å². The number of halogens is 1. The molecule has 2 aromatic rings. The quantitative estimate of drug-likeness (QED) is 0.713. The highest BCUT2D eigenvalue weighted by atomic mass is 35.5. The number of anilines is 2. The first kappa shape index (κ1) is 22.2. The Hall–Kier alpha value is -3.00. The normalized spacial score (nSPS) is 19.1. The number of pyridine rings is 1. The van der Waals surface area contributed by atoms with Crippen LogP contribution in [0.15, 0.2) is 42.6 Å². The second kappa shape index (κ2) is 9.65. The van der Waals surface area contributed by atoms with Crippen molar-refractivity contribution < 1.29 is 14.7 Å². The number of likely N-dealkylation sites (tertiary alicyclic amines) is 1. The lowest BCUT2D eigenvalue weighted by atomic mass is 9.89. The molecule has 0 radical (unpaired) electrons. The number of carbonyl (C=O) groups excluding carboxylic acids is 1. The topological polar surface area (TPSA) is 89.0 Å². The van der Waals surface area contributed by atoms with Crippen molar-refractivity contribution in [2.75, 3.05) is 43.4 Å². The van der Waals surface area contributed by atoms with Crippen molar-refractivity contribution in [1.29, 1.82) is 0 Å². The van der Waals surface area contributed by atoms with Gasteiger partial charge in [0.15, 0.2) is 0 Å². The summed E-state index contributed by atoms with van der Waals surface area (Å²) in [4.78, 5) is 33.6. The van der Waals surface area contributed by atoms with E-state index in [-0.39, 0.29) is 12.1 Å². The molecule has 2 fully saturated rings. The molecule has 2 N–H and O–H groups in total. The zero-order chi connectivity index (χ0) is 22.7. The molecule has 0 bridgehead atoms. The number of urea groups is 1. The highest BCUT2D eigenvalue weighted by molar-refractivity contribution is 6.30. The van der Waals surface area contributed by atoms with E-state index in [1.807, 2.05) is 29.2 Å². The molecule has 2 aliphatic rings. The number of nitrogens with zero attached hydrogens (tertiary/aromatic N) is 4. The predicted molar refractivity (Wildman–Crippen MR) is 125 cm³/mol. The van der Waals surface area contributed by atoms with Crippen molar-refractivity contribution in [2.24, 2.45) is 0 Å². The van der Waals surface area contributed by atoms with E-state index in [2.05, 4.69) is 27.3 Å². The molecule has 0 spiro atoms. The van der Waals surface area contributed by atoms with E-state index in [1.54, 1.807) is 13.2 Å². The first-order chi connectivity index (χ1) is 15.4. The van der Waals surface area contributed by atoms with Gasteiger partial charge in [0, 0.05) is 38.2 Å². The van der Waals surface area contributed by atoms with E-state index >= 15 is 0 Å². The van der Waals surface area contributed by atoms with Gasteiger partial charge in [-0.3, -0.25) is 0 Å². The second-order valence-corrected chi connectivity index (χ2v) is 8.87. The zero-order valence-electron chi connectivity index (χ0n) is 18.1. The van der Waals surface area contributed by atoms with Crippen LogP contribution in [0.4, 0.5) is 21.1 Å². The van der Waals surface area contributed by atoms with Gasteiger partial charge in [-0.2, -0.15) is 0 Å². The fourth-order valence-corrected chi connectivity index (χ4v) is 4.55. The Morgan fingerprint density at radius 2 is 1.81 bits per heavy atom. The molecule has 3 heterocycles. The molecule has 0 aliphatic carbocycles. The van der Waals surface area contributed by atoms with Gasteiger partial charge in [0.25, 0.3) is 0 Å². The molecule has 1 aromatic heterocycles. The number of carboxylic acid groups (broad SMARTS) is 1. The third-order valence-corrected chi connectivity index (χ3v) is 6.71. The summed E-state index contributed by atoms with van der Waals surface area (Å²) in [6.45, 7) is 2.78. The van der Waals surface area contributed by atoms with Crippen LogP contribution in [-0.2, 0) is 0 Å². The van der Waals surface area contributed by atoms with Gasteiger partial charge in [0.2, 0.25) is 0 Å². The van der Waals surface area contributed by atoms with E-state index < -0.39 is 6.09 Å². The SMILES string of the molecule is CN(C(=O)O)[C@@H]1CCN(c2ccc(NC(=O)N3CCC(c4ccc(Cl)cc4)CC3)cn2)C1.